The third-order valence-corrected chi connectivity index (χ3v) is 9.86. The Morgan fingerprint density at radius 3 is 1.59 bits per heavy atom. The van der Waals surface area contributed by atoms with E-state index in [0.29, 0.717) is 6.42 Å². The van der Waals surface area contributed by atoms with Crippen molar-refractivity contribution in [1.29, 1.82) is 0 Å². The Bertz CT molecular complexity index is 781. The zero-order valence-electron chi connectivity index (χ0n) is 31.5. The van der Waals surface area contributed by atoms with E-state index in [0.717, 1.165) is 38.5 Å². The van der Waals surface area contributed by atoms with Gasteiger partial charge < -0.3 is 40.3 Å². The third-order valence-electron chi connectivity index (χ3n) is 9.86. The van der Waals surface area contributed by atoms with E-state index in [4.69, 9.17) is 9.47 Å². The van der Waals surface area contributed by atoms with Gasteiger partial charge in [-0.15, -0.1) is 0 Å². The second kappa shape index (κ2) is 31.6. The summed E-state index contributed by atoms with van der Waals surface area (Å²) in [6.07, 6.45) is 26.8. The fourth-order valence-electron chi connectivity index (χ4n) is 6.51. The zero-order valence-corrected chi connectivity index (χ0v) is 31.5. The molecule has 0 radical (unpaired) electrons. The van der Waals surface area contributed by atoms with Crippen LogP contribution in [0.25, 0.3) is 0 Å². The van der Waals surface area contributed by atoms with Crippen LogP contribution in [0.1, 0.15) is 181 Å². The first-order valence-electron chi connectivity index (χ1n) is 20.4. The molecule has 6 N–H and O–H groups in total. The van der Waals surface area contributed by atoms with Gasteiger partial charge in [0.1, 0.15) is 24.4 Å². The molecule has 49 heavy (non-hydrogen) atoms. The lowest BCUT2D eigenvalue weighted by Gasteiger charge is -2.40. The lowest BCUT2D eigenvalue weighted by Crippen LogP contribution is -2.60. The molecule has 1 aliphatic heterocycles. The van der Waals surface area contributed by atoms with Crippen LogP contribution in [0.4, 0.5) is 0 Å². The van der Waals surface area contributed by atoms with Gasteiger partial charge in [0.2, 0.25) is 5.91 Å². The Kier molecular flexibility index (Phi) is 29.7. The van der Waals surface area contributed by atoms with E-state index in [1.54, 1.807) is 6.08 Å². The van der Waals surface area contributed by atoms with Gasteiger partial charge in [0.25, 0.3) is 0 Å². The molecule has 290 valence electrons. The van der Waals surface area contributed by atoms with Gasteiger partial charge in [-0.2, -0.15) is 0 Å². The first-order valence-corrected chi connectivity index (χ1v) is 20.4. The maximum atomic E-state index is 12.9. The maximum absolute atomic E-state index is 12.9. The van der Waals surface area contributed by atoms with E-state index in [1.165, 1.54) is 122 Å². The third kappa shape index (κ3) is 23.2. The van der Waals surface area contributed by atoms with Gasteiger partial charge in [-0.1, -0.05) is 167 Å². The molecule has 0 bridgehead atoms. The summed E-state index contributed by atoms with van der Waals surface area (Å²) in [4.78, 5) is 12.9. The SMILES string of the molecule is CCCCCCCCCCC/C=C/[C@@H](O)[C@H](COC1O[C@H](CO)[C@H](O)[C@@H](O)[C@H]1O)NC(=O)CCCCCCCCCCCCCCCCC. The summed E-state index contributed by atoms with van der Waals surface area (Å²) in [6.45, 7) is 3.75. The van der Waals surface area contributed by atoms with Gasteiger partial charge in [0, 0.05) is 6.42 Å². The molecular weight excluding hydrogens is 622 g/mol. The molecule has 0 aromatic rings. The molecule has 9 heteroatoms. The lowest BCUT2D eigenvalue weighted by molar-refractivity contribution is -0.302. The molecule has 1 heterocycles. The Labute approximate surface area is 299 Å². The molecule has 0 aliphatic carbocycles. The Hall–Kier alpha value is -1.07. The van der Waals surface area contributed by atoms with Crippen molar-refractivity contribution in [2.45, 2.75) is 224 Å². The summed E-state index contributed by atoms with van der Waals surface area (Å²) >= 11 is 0. The molecule has 1 unspecified atom stereocenters. The minimum atomic E-state index is -1.56. The minimum absolute atomic E-state index is 0.177. The van der Waals surface area contributed by atoms with Gasteiger partial charge in [0.05, 0.1) is 25.4 Å². The minimum Gasteiger partial charge on any atom is -0.394 e. The molecule has 0 aromatic heterocycles. The average Bonchev–Trinajstić information content (AvgIpc) is 3.10. The van der Waals surface area contributed by atoms with Crippen LogP contribution in [-0.4, -0.2) is 87.5 Å². The molecule has 9 nitrogen and oxygen atoms in total. The maximum Gasteiger partial charge on any atom is 0.220 e. The van der Waals surface area contributed by atoms with E-state index in [2.05, 4.69) is 19.2 Å². The van der Waals surface area contributed by atoms with E-state index < -0.39 is 49.5 Å². The van der Waals surface area contributed by atoms with Crippen molar-refractivity contribution >= 4 is 5.91 Å². The quantitative estimate of drug-likeness (QED) is 0.0307. The number of amides is 1. The average molecular weight is 700 g/mol. The number of hydrogen-bond donors (Lipinski definition) is 6. The van der Waals surface area contributed by atoms with E-state index >= 15 is 0 Å². The van der Waals surface area contributed by atoms with Crippen LogP contribution in [0.3, 0.4) is 0 Å². The standard InChI is InChI=1S/C40H77NO8/c1-3-5-7-9-11-13-15-16-17-18-20-22-24-26-28-30-36(44)41-33(32-48-40-39(47)38(46)37(45)35(31-42)49-40)34(43)29-27-25-23-21-19-14-12-10-8-6-4-2/h27,29,33-35,37-40,42-43,45-47H,3-26,28,30-32H2,1-2H3,(H,41,44)/b29-27+/t33-,34+,35+,37-,38+,39+,40?/m0/s1. The molecule has 1 rings (SSSR count). The summed E-state index contributed by atoms with van der Waals surface area (Å²) in [5.41, 5.74) is 0. The molecule has 7 atom stereocenters. The number of unbranched alkanes of at least 4 members (excludes halogenated alkanes) is 23. The van der Waals surface area contributed by atoms with Crippen LogP contribution >= 0.6 is 0 Å². The number of allylic oxidation sites excluding steroid dienone is 1. The monoisotopic (exact) mass is 700 g/mol. The number of aliphatic hydroxyl groups excluding tert-OH is 5. The number of ether oxygens (including phenoxy) is 2. The van der Waals surface area contributed by atoms with Crippen molar-refractivity contribution in [2.75, 3.05) is 13.2 Å². The highest BCUT2D eigenvalue weighted by atomic mass is 16.7. The number of carbonyl (C=O) groups excluding carboxylic acids is 1. The molecule has 0 spiro atoms. The van der Waals surface area contributed by atoms with E-state index in [1.807, 2.05) is 6.08 Å². The smallest absolute Gasteiger partial charge is 0.220 e. The molecule has 1 fully saturated rings. The molecule has 1 amide bonds. The molecule has 1 saturated heterocycles. The summed E-state index contributed by atoms with van der Waals surface area (Å²) in [5, 5.41) is 53.9. The second-order valence-corrected chi connectivity index (χ2v) is 14.4. The zero-order chi connectivity index (χ0) is 36.0. The number of nitrogens with one attached hydrogen (secondary N) is 1. The Balaban J connectivity index is 2.40. The van der Waals surface area contributed by atoms with Gasteiger partial charge in [-0.05, 0) is 19.3 Å². The van der Waals surface area contributed by atoms with Crippen LogP contribution in [-0.2, 0) is 14.3 Å². The number of aliphatic hydroxyl groups is 5. The van der Waals surface area contributed by atoms with Crippen molar-refractivity contribution in [3.63, 3.8) is 0 Å². The lowest BCUT2D eigenvalue weighted by atomic mass is 9.99. The van der Waals surface area contributed by atoms with Gasteiger partial charge in [0.15, 0.2) is 6.29 Å². The normalized spacial score (nSPS) is 22.5. The van der Waals surface area contributed by atoms with Crippen molar-refractivity contribution in [3.05, 3.63) is 12.2 Å². The first kappa shape index (κ1) is 46.0. The topological polar surface area (TPSA) is 149 Å². The predicted molar refractivity (Wildman–Crippen MR) is 198 cm³/mol. The van der Waals surface area contributed by atoms with E-state index in [-0.39, 0.29) is 12.5 Å². The van der Waals surface area contributed by atoms with Crippen molar-refractivity contribution in [1.82, 2.24) is 5.32 Å². The van der Waals surface area contributed by atoms with Crippen LogP contribution in [0.2, 0.25) is 0 Å². The fraction of sp³-hybridized carbons (Fsp3) is 0.925. The highest BCUT2D eigenvalue weighted by Crippen LogP contribution is 2.22. The number of hydrogen-bond acceptors (Lipinski definition) is 8. The van der Waals surface area contributed by atoms with E-state index in [9.17, 15) is 30.3 Å². The highest BCUT2D eigenvalue weighted by Gasteiger charge is 2.44. The largest absolute Gasteiger partial charge is 0.394 e. The molecule has 0 saturated carbocycles. The van der Waals surface area contributed by atoms with Crippen molar-refractivity contribution < 1.29 is 39.8 Å². The van der Waals surface area contributed by atoms with Crippen molar-refractivity contribution in [2.24, 2.45) is 0 Å². The van der Waals surface area contributed by atoms with Crippen LogP contribution in [0, 0.1) is 0 Å². The van der Waals surface area contributed by atoms with Gasteiger partial charge in [-0.25, -0.2) is 0 Å². The van der Waals surface area contributed by atoms with Gasteiger partial charge >= 0.3 is 0 Å². The summed E-state index contributed by atoms with van der Waals surface area (Å²) < 4.78 is 11.2. The summed E-state index contributed by atoms with van der Waals surface area (Å²) in [7, 11) is 0. The van der Waals surface area contributed by atoms with Crippen LogP contribution < -0.4 is 5.32 Å². The van der Waals surface area contributed by atoms with Gasteiger partial charge in [-0.3, -0.25) is 4.79 Å². The first-order chi connectivity index (χ1) is 23.8. The van der Waals surface area contributed by atoms with Crippen molar-refractivity contribution in [3.8, 4) is 0 Å². The van der Waals surface area contributed by atoms with Crippen LogP contribution in [0.5, 0.6) is 0 Å². The second-order valence-electron chi connectivity index (χ2n) is 14.4. The predicted octanol–water partition coefficient (Wildman–Crippen LogP) is 7.39. The number of carbonyl (C=O) groups is 1. The molecule has 0 aromatic carbocycles. The fourth-order valence-corrected chi connectivity index (χ4v) is 6.51. The summed E-state index contributed by atoms with van der Waals surface area (Å²) in [6, 6.07) is -0.796. The number of rotatable bonds is 33. The highest BCUT2D eigenvalue weighted by molar-refractivity contribution is 5.76. The Morgan fingerprint density at radius 2 is 1.12 bits per heavy atom. The Morgan fingerprint density at radius 1 is 0.673 bits per heavy atom. The molecule has 1 aliphatic rings. The molecular formula is C40H77NO8. The van der Waals surface area contributed by atoms with Crippen LogP contribution in [0.15, 0.2) is 12.2 Å². The summed E-state index contributed by atoms with van der Waals surface area (Å²) in [5.74, 6) is -0.177.